The second-order valence-electron chi connectivity index (χ2n) is 9.54. The maximum atomic E-state index is 14.5. The van der Waals surface area contributed by atoms with Crippen LogP contribution in [0.25, 0.3) is 11.3 Å². The van der Waals surface area contributed by atoms with E-state index < -0.39 is 5.82 Å². The Labute approximate surface area is 188 Å². The number of carbonyl (C=O) groups is 1. The van der Waals surface area contributed by atoms with Gasteiger partial charge in [0.05, 0.1) is 12.3 Å². The maximum Gasteiger partial charge on any atom is 0.225 e. The van der Waals surface area contributed by atoms with Gasteiger partial charge in [-0.3, -0.25) is 4.79 Å². The van der Waals surface area contributed by atoms with Crippen molar-refractivity contribution in [1.82, 2.24) is 14.9 Å². The fourth-order valence-corrected chi connectivity index (χ4v) is 5.01. The minimum atomic E-state index is -0.413. The van der Waals surface area contributed by atoms with Crippen LogP contribution in [-0.4, -0.2) is 51.1 Å². The van der Waals surface area contributed by atoms with E-state index in [-0.39, 0.29) is 24.0 Å². The predicted octanol–water partition coefficient (Wildman–Crippen LogP) is 4.11. The highest BCUT2D eigenvalue weighted by Crippen LogP contribution is 2.41. The zero-order chi connectivity index (χ0) is 22.1. The molecule has 32 heavy (non-hydrogen) atoms. The Morgan fingerprint density at radius 1 is 1.06 bits per heavy atom. The Hall–Kier alpha value is -2.54. The Kier molecular flexibility index (Phi) is 6.09. The number of aliphatic hydroxyl groups is 1. The molecule has 1 aromatic heterocycles. The molecule has 170 valence electrons. The van der Waals surface area contributed by atoms with Gasteiger partial charge in [-0.05, 0) is 68.9 Å². The molecule has 0 radical (unpaired) electrons. The minimum absolute atomic E-state index is 0.0538. The summed E-state index contributed by atoms with van der Waals surface area (Å²) in [6, 6.07) is 8.20. The predicted molar refractivity (Wildman–Crippen MR) is 121 cm³/mol. The molecule has 2 aliphatic carbocycles. The lowest BCUT2D eigenvalue weighted by Crippen LogP contribution is -2.44. The van der Waals surface area contributed by atoms with E-state index >= 15 is 0 Å². The number of aliphatic hydroxyl groups excluding tert-OH is 1. The number of aromatic nitrogens is 2. The summed E-state index contributed by atoms with van der Waals surface area (Å²) in [4.78, 5) is 23.4. The highest BCUT2D eigenvalue weighted by atomic mass is 19.1. The molecule has 0 unspecified atom stereocenters. The molecule has 0 atom stereocenters. The molecular weight excluding hydrogens is 407 g/mol. The monoisotopic (exact) mass is 438 g/mol. The van der Waals surface area contributed by atoms with Gasteiger partial charge >= 0.3 is 0 Å². The van der Waals surface area contributed by atoms with E-state index in [2.05, 4.69) is 21.4 Å². The van der Waals surface area contributed by atoms with Crippen molar-refractivity contribution in [2.45, 2.75) is 69.4 Å². The van der Waals surface area contributed by atoms with Gasteiger partial charge < -0.3 is 15.3 Å². The molecule has 3 fully saturated rings. The molecule has 2 saturated carbocycles. The summed E-state index contributed by atoms with van der Waals surface area (Å²) in [5, 5.41) is 13.0. The Morgan fingerprint density at radius 2 is 1.81 bits per heavy atom. The molecule has 1 amide bonds. The number of anilines is 1. The maximum absolute atomic E-state index is 14.5. The molecule has 5 rings (SSSR count). The molecule has 0 spiro atoms. The molecule has 2 heterocycles. The van der Waals surface area contributed by atoms with Crippen LogP contribution in [0.4, 0.5) is 10.3 Å². The third-order valence-corrected chi connectivity index (χ3v) is 7.14. The number of benzene rings is 1. The Balaban J connectivity index is 1.20. The quantitative estimate of drug-likeness (QED) is 0.734. The number of carbonyl (C=O) groups excluding carboxylic acids is 1. The van der Waals surface area contributed by atoms with Crippen molar-refractivity contribution in [3.8, 4) is 11.3 Å². The summed E-state index contributed by atoms with van der Waals surface area (Å²) in [7, 11) is 0. The van der Waals surface area contributed by atoms with Gasteiger partial charge in [-0.2, -0.15) is 0 Å². The molecule has 0 bridgehead atoms. The van der Waals surface area contributed by atoms with Crippen LogP contribution in [-0.2, 0) is 4.79 Å². The normalized spacial score (nSPS) is 24.4. The summed E-state index contributed by atoms with van der Waals surface area (Å²) in [6.07, 6.45) is 8.11. The number of rotatable bonds is 5. The smallest absolute Gasteiger partial charge is 0.225 e. The number of likely N-dealkylation sites (tertiary alicyclic amines) is 1. The molecule has 6 nitrogen and oxygen atoms in total. The second-order valence-corrected chi connectivity index (χ2v) is 9.54. The third-order valence-electron chi connectivity index (χ3n) is 7.14. The summed E-state index contributed by atoms with van der Waals surface area (Å²) < 4.78 is 14.5. The average molecular weight is 439 g/mol. The van der Waals surface area contributed by atoms with Gasteiger partial charge in [0, 0.05) is 30.6 Å². The Morgan fingerprint density at radius 3 is 2.53 bits per heavy atom. The number of nitrogens with zero attached hydrogens (tertiary/aromatic N) is 3. The average Bonchev–Trinajstić information content (AvgIpc) is 3.67. The first-order valence-electron chi connectivity index (χ1n) is 11.9. The third kappa shape index (κ3) is 4.77. The van der Waals surface area contributed by atoms with Crippen molar-refractivity contribution < 1.29 is 14.3 Å². The van der Waals surface area contributed by atoms with Crippen molar-refractivity contribution >= 4 is 11.9 Å². The fourth-order valence-electron chi connectivity index (χ4n) is 5.01. The van der Waals surface area contributed by atoms with Crippen LogP contribution < -0.4 is 5.32 Å². The molecule has 1 aromatic carbocycles. The van der Waals surface area contributed by atoms with Gasteiger partial charge in [-0.1, -0.05) is 18.2 Å². The molecule has 3 aliphatic rings. The zero-order valence-electron chi connectivity index (χ0n) is 18.3. The molecule has 2 aromatic rings. The minimum Gasteiger partial charge on any atom is -0.393 e. The lowest BCUT2D eigenvalue weighted by molar-refractivity contribution is -0.138. The largest absolute Gasteiger partial charge is 0.393 e. The van der Waals surface area contributed by atoms with E-state index in [1.165, 1.54) is 24.6 Å². The lowest BCUT2D eigenvalue weighted by atomic mass is 9.85. The van der Waals surface area contributed by atoms with Crippen LogP contribution in [0.15, 0.2) is 30.5 Å². The SMILES string of the molecule is O=C(C1CCC(Nc2ncc(F)c(-c3cccc(C4CC4)c3)n2)CC1)N1CCC(O)CC1. The Bertz CT molecular complexity index is 964. The van der Waals surface area contributed by atoms with Crippen LogP contribution in [0.1, 0.15) is 62.8 Å². The van der Waals surface area contributed by atoms with Crippen molar-refractivity contribution in [2.75, 3.05) is 18.4 Å². The topological polar surface area (TPSA) is 78.4 Å². The van der Waals surface area contributed by atoms with Gasteiger partial charge in [-0.15, -0.1) is 0 Å². The second kappa shape index (κ2) is 9.14. The summed E-state index contributed by atoms with van der Waals surface area (Å²) >= 11 is 0. The van der Waals surface area contributed by atoms with E-state index in [4.69, 9.17) is 0 Å². The number of hydrogen-bond acceptors (Lipinski definition) is 5. The highest BCUT2D eigenvalue weighted by Gasteiger charge is 2.31. The number of halogens is 1. The number of piperidine rings is 1. The molecule has 2 N–H and O–H groups in total. The molecular formula is C25H31FN4O2. The van der Waals surface area contributed by atoms with Crippen LogP contribution in [0.3, 0.4) is 0 Å². The first kappa shape index (κ1) is 21.3. The van der Waals surface area contributed by atoms with Crippen LogP contribution in [0, 0.1) is 11.7 Å². The summed E-state index contributed by atoms with van der Waals surface area (Å²) in [5.41, 5.74) is 2.38. The van der Waals surface area contributed by atoms with E-state index in [0.717, 1.165) is 31.2 Å². The standard InChI is InChI=1S/C25H31FN4O2/c26-22-15-27-25(29-23(22)19-3-1-2-18(14-19)16-4-5-16)28-20-8-6-17(7-9-20)24(32)30-12-10-21(31)11-13-30/h1-3,14-17,20-21,31H,4-13H2,(H,27,28,29). The van der Waals surface area contributed by atoms with Gasteiger partial charge in [0.1, 0.15) is 5.69 Å². The number of hydrogen-bond donors (Lipinski definition) is 2. The van der Waals surface area contributed by atoms with E-state index in [0.29, 0.717) is 43.5 Å². The first-order chi connectivity index (χ1) is 15.6. The van der Waals surface area contributed by atoms with Gasteiger partial charge in [0.15, 0.2) is 5.82 Å². The van der Waals surface area contributed by atoms with Crippen molar-refractivity contribution in [1.29, 1.82) is 0 Å². The molecule has 1 aliphatic heterocycles. The van der Waals surface area contributed by atoms with Crippen LogP contribution >= 0.6 is 0 Å². The van der Waals surface area contributed by atoms with Crippen molar-refractivity contribution in [3.05, 3.63) is 41.8 Å². The van der Waals surface area contributed by atoms with Gasteiger partial charge in [0.25, 0.3) is 0 Å². The van der Waals surface area contributed by atoms with E-state index in [1.807, 2.05) is 23.1 Å². The van der Waals surface area contributed by atoms with Crippen molar-refractivity contribution in [2.24, 2.45) is 5.92 Å². The molecule has 1 saturated heterocycles. The fraction of sp³-hybridized carbons (Fsp3) is 0.560. The summed E-state index contributed by atoms with van der Waals surface area (Å²) in [6.45, 7) is 1.32. The summed E-state index contributed by atoms with van der Waals surface area (Å²) in [5.74, 6) is 0.914. The van der Waals surface area contributed by atoms with Crippen LogP contribution in [0.5, 0.6) is 0 Å². The zero-order valence-corrected chi connectivity index (χ0v) is 18.3. The van der Waals surface area contributed by atoms with Crippen molar-refractivity contribution in [3.63, 3.8) is 0 Å². The van der Waals surface area contributed by atoms with Crippen LogP contribution in [0.2, 0.25) is 0 Å². The van der Waals surface area contributed by atoms with Gasteiger partial charge in [-0.25, -0.2) is 14.4 Å². The van der Waals surface area contributed by atoms with E-state index in [9.17, 15) is 14.3 Å². The van der Waals surface area contributed by atoms with E-state index in [1.54, 1.807) is 0 Å². The number of nitrogens with one attached hydrogen (secondary N) is 1. The van der Waals surface area contributed by atoms with Gasteiger partial charge in [0.2, 0.25) is 11.9 Å². The highest BCUT2D eigenvalue weighted by molar-refractivity contribution is 5.79. The lowest BCUT2D eigenvalue weighted by Gasteiger charge is -2.35. The first-order valence-corrected chi connectivity index (χ1v) is 11.9. The molecule has 7 heteroatoms. The number of amides is 1.